The van der Waals surface area contributed by atoms with Gasteiger partial charge in [-0.1, -0.05) is 0 Å². The van der Waals surface area contributed by atoms with Crippen LogP contribution in [-0.4, -0.2) is 39.4 Å². The van der Waals surface area contributed by atoms with Crippen LogP contribution in [0.1, 0.15) is 5.82 Å². The van der Waals surface area contributed by atoms with E-state index in [1.165, 1.54) is 10.8 Å². The van der Waals surface area contributed by atoms with Gasteiger partial charge >= 0.3 is 5.82 Å². The first kappa shape index (κ1) is 11.6. The van der Waals surface area contributed by atoms with E-state index in [0.717, 1.165) is 0 Å². The predicted octanol–water partition coefficient (Wildman–Crippen LogP) is 0.109. The number of rotatable bonds is 6. The summed E-state index contributed by atoms with van der Waals surface area (Å²) in [6.45, 7) is 2.56. The zero-order valence-corrected chi connectivity index (χ0v) is 8.42. The number of aromatic nitrogens is 2. The Morgan fingerprint density at radius 2 is 2.40 bits per heavy atom. The molecule has 1 heterocycles. The summed E-state index contributed by atoms with van der Waals surface area (Å²) in [5.74, 6) is 0.536. The van der Waals surface area contributed by atoms with Crippen molar-refractivity contribution in [1.82, 2.24) is 9.55 Å². The second-order valence-electron chi connectivity index (χ2n) is 2.91. The number of hydrogen-bond acceptors (Lipinski definition) is 5. The van der Waals surface area contributed by atoms with Crippen molar-refractivity contribution >= 4 is 5.82 Å². The van der Waals surface area contributed by atoms with Gasteiger partial charge in [0, 0.05) is 6.92 Å². The van der Waals surface area contributed by atoms with Crippen LogP contribution in [0.3, 0.4) is 0 Å². The van der Waals surface area contributed by atoms with Crippen LogP contribution >= 0.6 is 0 Å². The standard InChI is InChI=1S/C8H13N3O4/c1-7-9-6-8(11(13)14)10(7)2-4-15-5-3-12/h6,12H,2-5H2,1H3. The molecule has 15 heavy (non-hydrogen) atoms. The monoisotopic (exact) mass is 215 g/mol. The van der Waals surface area contributed by atoms with Crippen molar-refractivity contribution in [1.29, 1.82) is 0 Å². The zero-order valence-electron chi connectivity index (χ0n) is 8.42. The lowest BCUT2D eigenvalue weighted by Gasteiger charge is -2.03. The van der Waals surface area contributed by atoms with Crippen LogP contribution in [-0.2, 0) is 11.3 Å². The van der Waals surface area contributed by atoms with Gasteiger partial charge in [0.15, 0.2) is 5.82 Å². The molecule has 0 saturated heterocycles. The maximum absolute atomic E-state index is 10.6. The van der Waals surface area contributed by atoms with Crippen molar-refractivity contribution in [2.75, 3.05) is 19.8 Å². The predicted molar refractivity (Wildman–Crippen MR) is 51.5 cm³/mol. The molecule has 0 aromatic carbocycles. The molecule has 1 aromatic rings. The van der Waals surface area contributed by atoms with Crippen LogP contribution in [0.5, 0.6) is 0 Å². The van der Waals surface area contributed by atoms with Crippen LogP contribution in [0.2, 0.25) is 0 Å². The summed E-state index contributed by atoms with van der Waals surface area (Å²) in [6, 6.07) is 0. The average Bonchev–Trinajstić information content (AvgIpc) is 2.55. The number of aliphatic hydroxyl groups excluding tert-OH is 1. The number of aryl methyl sites for hydroxylation is 1. The van der Waals surface area contributed by atoms with Gasteiger partial charge < -0.3 is 20.0 Å². The molecule has 7 nitrogen and oxygen atoms in total. The number of aliphatic hydroxyl groups is 1. The van der Waals surface area contributed by atoms with E-state index >= 15 is 0 Å². The van der Waals surface area contributed by atoms with E-state index in [9.17, 15) is 10.1 Å². The first-order valence-electron chi connectivity index (χ1n) is 4.52. The Morgan fingerprint density at radius 3 is 3.00 bits per heavy atom. The molecule has 1 rings (SSSR count). The van der Waals surface area contributed by atoms with Gasteiger partial charge in [-0.25, -0.2) is 9.55 Å². The molecule has 1 aromatic heterocycles. The third-order valence-electron chi connectivity index (χ3n) is 1.92. The molecular formula is C8H13N3O4. The molecule has 0 fully saturated rings. The summed E-state index contributed by atoms with van der Waals surface area (Å²) in [5, 5.41) is 19.1. The highest BCUT2D eigenvalue weighted by Gasteiger charge is 2.16. The number of hydrogen-bond donors (Lipinski definition) is 1. The Balaban J connectivity index is 2.58. The fraction of sp³-hybridized carbons (Fsp3) is 0.625. The molecule has 0 spiro atoms. The summed E-state index contributed by atoms with van der Waals surface area (Å²) in [5.41, 5.74) is 0. The Kier molecular flexibility index (Phi) is 4.19. The van der Waals surface area contributed by atoms with Gasteiger partial charge in [-0.15, -0.1) is 0 Å². The topological polar surface area (TPSA) is 90.4 Å². The van der Waals surface area contributed by atoms with Crippen molar-refractivity contribution in [2.24, 2.45) is 0 Å². The third kappa shape index (κ3) is 3.00. The fourth-order valence-electron chi connectivity index (χ4n) is 1.20. The van der Waals surface area contributed by atoms with Gasteiger partial charge in [0.05, 0.1) is 19.8 Å². The minimum absolute atomic E-state index is 0.0416. The maximum Gasteiger partial charge on any atom is 0.342 e. The number of nitrogens with zero attached hydrogens (tertiary/aromatic N) is 3. The number of ether oxygens (including phenoxy) is 1. The van der Waals surface area contributed by atoms with Gasteiger partial charge in [-0.2, -0.15) is 0 Å². The highest BCUT2D eigenvalue weighted by molar-refractivity contribution is 5.18. The lowest BCUT2D eigenvalue weighted by Crippen LogP contribution is -2.11. The molecule has 84 valence electrons. The quantitative estimate of drug-likeness (QED) is 0.413. The number of nitro groups is 1. The molecule has 0 unspecified atom stereocenters. The highest BCUT2D eigenvalue weighted by atomic mass is 16.6. The van der Waals surface area contributed by atoms with E-state index in [0.29, 0.717) is 19.0 Å². The van der Waals surface area contributed by atoms with Gasteiger partial charge in [0.1, 0.15) is 12.7 Å². The summed E-state index contributed by atoms with van der Waals surface area (Å²) >= 11 is 0. The van der Waals surface area contributed by atoms with Crippen molar-refractivity contribution in [2.45, 2.75) is 13.5 Å². The van der Waals surface area contributed by atoms with Crippen molar-refractivity contribution < 1.29 is 14.8 Å². The SMILES string of the molecule is Cc1ncc([N+](=O)[O-])n1CCOCCO. The smallest absolute Gasteiger partial charge is 0.342 e. The summed E-state index contributed by atoms with van der Waals surface area (Å²) in [4.78, 5) is 14.0. The largest absolute Gasteiger partial charge is 0.394 e. The first-order chi connectivity index (χ1) is 7.16. The lowest BCUT2D eigenvalue weighted by atomic mass is 10.6. The second-order valence-corrected chi connectivity index (χ2v) is 2.91. The Bertz CT molecular complexity index is 337. The van der Waals surface area contributed by atoms with Crippen LogP contribution < -0.4 is 0 Å². The van der Waals surface area contributed by atoms with E-state index in [4.69, 9.17) is 9.84 Å². The van der Waals surface area contributed by atoms with Crippen LogP contribution in [0, 0.1) is 17.0 Å². The second kappa shape index (κ2) is 5.42. The Hall–Kier alpha value is -1.47. The molecular weight excluding hydrogens is 202 g/mol. The molecule has 0 aliphatic carbocycles. The molecule has 1 N–H and O–H groups in total. The molecule has 0 bridgehead atoms. The Labute approximate surface area is 86.5 Å². The molecule has 0 amide bonds. The first-order valence-corrected chi connectivity index (χ1v) is 4.52. The van der Waals surface area contributed by atoms with E-state index in [2.05, 4.69) is 4.98 Å². The van der Waals surface area contributed by atoms with Crippen LogP contribution in [0.4, 0.5) is 5.82 Å². The average molecular weight is 215 g/mol. The summed E-state index contributed by atoms with van der Waals surface area (Å²) in [7, 11) is 0. The summed E-state index contributed by atoms with van der Waals surface area (Å²) < 4.78 is 6.49. The number of imidazole rings is 1. The molecule has 0 radical (unpaired) electrons. The molecule has 0 saturated carbocycles. The summed E-state index contributed by atoms with van der Waals surface area (Å²) in [6.07, 6.45) is 1.22. The molecule has 0 aliphatic rings. The van der Waals surface area contributed by atoms with Crippen molar-refractivity contribution in [3.63, 3.8) is 0 Å². The van der Waals surface area contributed by atoms with E-state index in [-0.39, 0.29) is 19.0 Å². The van der Waals surface area contributed by atoms with Gasteiger partial charge in [0.2, 0.25) is 0 Å². The molecule has 0 atom stereocenters. The maximum atomic E-state index is 10.6. The third-order valence-corrected chi connectivity index (χ3v) is 1.92. The van der Waals surface area contributed by atoms with E-state index < -0.39 is 4.92 Å². The van der Waals surface area contributed by atoms with E-state index in [1.807, 2.05) is 0 Å². The van der Waals surface area contributed by atoms with E-state index in [1.54, 1.807) is 6.92 Å². The van der Waals surface area contributed by atoms with Gasteiger partial charge in [-0.3, -0.25) is 0 Å². The normalized spacial score (nSPS) is 10.5. The zero-order chi connectivity index (χ0) is 11.3. The fourth-order valence-corrected chi connectivity index (χ4v) is 1.20. The van der Waals surface area contributed by atoms with Crippen molar-refractivity contribution in [3.8, 4) is 0 Å². The van der Waals surface area contributed by atoms with Gasteiger partial charge in [-0.05, 0) is 4.92 Å². The lowest BCUT2D eigenvalue weighted by molar-refractivity contribution is -0.392. The van der Waals surface area contributed by atoms with Gasteiger partial charge in [0.25, 0.3) is 0 Å². The molecule has 7 heteroatoms. The molecule has 0 aliphatic heterocycles. The van der Waals surface area contributed by atoms with Crippen molar-refractivity contribution in [3.05, 3.63) is 22.1 Å². The van der Waals surface area contributed by atoms with Crippen LogP contribution in [0.25, 0.3) is 0 Å². The minimum atomic E-state index is -0.480. The minimum Gasteiger partial charge on any atom is -0.394 e. The highest BCUT2D eigenvalue weighted by Crippen LogP contribution is 2.12. The Morgan fingerprint density at radius 1 is 1.67 bits per heavy atom. The van der Waals surface area contributed by atoms with Crippen LogP contribution in [0.15, 0.2) is 6.20 Å².